The molecule has 0 aliphatic heterocycles. The van der Waals surface area contributed by atoms with Gasteiger partial charge in [0.05, 0.1) is 24.8 Å². The molecule has 0 N–H and O–H groups in total. The Balaban J connectivity index is 1.84. The Hall–Kier alpha value is -3.18. The van der Waals surface area contributed by atoms with Gasteiger partial charge in [0.1, 0.15) is 23.6 Å². The van der Waals surface area contributed by atoms with Gasteiger partial charge >= 0.3 is 0 Å². The first-order chi connectivity index (χ1) is 13.7. The number of pyridine rings is 1. The van der Waals surface area contributed by atoms with Crippen LogP contribution in [0.15, 0.2) is 73.1 Å². The second-order valence-corrected chi connectivity index (χ2v) is 7.41. The van der Waals surface area contributed by atoms with Gasteiger partial charge in [-0.05, 0) is 54.1 Å². The smallest absolute Gasteiger partial charge is 0.169 e. The number of thiazole rings is 1. The van der Waals surface area contributed by atoms with Gasteiger partial charge in [0.15, 0.2) is 12.4 Å². The molecule has 28 heavy (non-hydrogen) atoms. The molecule has 0 amide bonds. The molecule has 140 valence electrons. The highest BCUT2D eigenvalue weighted by Gasteiger charge is 2.17. The number of aromatic nitrogens is 2. The summed E-state index contributed by atoms with van der Waals surface area (Å²) in [5.41, 5.74) is 4.27. The molecule has 0 saturated carbocycles. The Kier molecular flexibility index (Phi) is 5.08. The monoisotopic (exact) mass is 389 g/mol. The second kappa shape index (κ2) is 7.82. The summed E-state index contributed by atoms with van der Waals surface area (Å²) >= 11 is 1.70. The van der Waals surface area contributed by atoms with Crippen LogP contribution in [0.1, 0.15) is 0 Å². The van der Waals surface area contributed by atoms with Crippen LogP contribution in [0.25, 0.3) is 32.3 Å². The van der Waals surface area contributed by atoms with Gasteiger partial charge in [-0.2, -0.15) is 0 Å². The topological polar surface area (TPSA) is 35.2 Å². The molecule has 2 heterocycles. The first kappa shape index (κ1) is 18.2. The third-order valence-electron chi connectivity index (χ3n) is 4.57. The number of nitrogens with zero attached hydrogens (tertiary/aromatic N) is 2. The van der Waals surface area contributed by atoms with Crippen molar-refractivity contribution in [2.24, 2.45) is 7.05 Å². The first-order valence-corrected chi connectivity index (χ1v) is 9.75. The minimum Gasteiger partial charge on any atom is -0.497 e. The van der Waals surface area contributed by atoms with Crippen molar-refractivity contribution < 1.29 is 14.0 Å². The highest BCUT2D eigenvalue weighted by atomic mass is 32.1. The van der Waals surface area contributed by atoms with Crippen molar-refractivity contribution in [3.05, 3.63) is 73.1 Å². The molecular formula is C23H21N2O2S+. The van der Waals surface area contributed by atoms with Crippen LogP contribution in [0.4, 0.5) is 0 Å². The van der Waals surface area contributed by atoms with Crippen LogP contribution in [-0.4, -0.2) is 19.2 Å². The molecule has 4 rings (SSSR count). The predicted molar refractivity (Wildman–Crippen MR) is 113 cm³/mol. The van der Waals surface area contributed by atoms with E-state index in [-0.39, 0.29) is 0 Å². The van der Waals surface area contributed by atoms with Crippen LogP contribution in [0.3, 0.4) is 0 Å². The van der Waals surface area contributed by atoms with Crippen molar-refractivity contribution in [2.75, 3.05) is 14.2 Å². The highest BCUT2D eigenvalue weighted by molar-refractivity contribution is 7.19. The average molecular weight is 390 g/mol. The number of benzene rings is 2. The number of hydrogen-bond donors (Lipinski definition) is 0. The molecule has 0 radical (unpaired) electrons. The van der Waals surface area contributed by atoms with E-state index in [0.717, 1.165) is 43.8 Å². The Morgan fingerprint density at radius 2 is 1.25 bits per heavy atom. The lowest BCUT2D eigenvalue weighted by Gasteiger charge is -2.05. The van der Waals surface area contributed by atoms with Crippen molar-refractivity contribution in [1.82, 2.24) is 4.98 Å². The normalized spacial score (nSPS) is 10.7. The van der Waals surface area contributed by atoms with E-state index in [9.17, 15) is 0 Å². The maximum Gasteiger partial charge on any atom is 0.169 e. The summed E-state index contributed by atoms with van der Waals surface area (Å²) in [6, 6.07) is 20.3. The van der Waals surface area contributed by atoms with Gasteiger partial charge in [0.2, 0.25) is 0 Å². The van der Waals surface area contributed by atoms with E-state index in [1.54, 1.807) is 25.6 Å². The van der Waals surface area contributed by atoms with Crippen LogP contribution in [0.2, 0.25) is 0 Å². The molecule has 0 bridgehead atoms. The maximum absolute atomic E-state index is 5.30. The van der Waals surface area contributed by atoms with E-state index >= 15 is 0 Å². The molecule has 0 fully saturated rings. The molecule has 2 aromatic carbocycles. The Morgan fingerprint density at radius 1 is 0.714 bits per heavy atom. The fraction of sp³-hybridized carbons (Fsp3) is 0.130. The first-order valence-electron chi connectivity index (χ1n) is 8.93. The van der Waals surface area contributed by atoms with Gasteiger partial charge < -0.3 is 9.47 Å². The summed E-state index contributed by atoms with van der Waals surface area (Å²) in [5.74, 6) is 1.68. The SMILES string of the molecule is COc1ccc(-c2nc(-c3cc[n+](C)cc3)sc2-c2ccc(OC)cc2)cc1. The molecule has 0 spiro atoms. The molecule has 4 nitrogen and oxygen atoms in total. The largest absolute Gasteiger partial charge is 0.497 e. The molecule has 2 aromatic heterocycles. The van der Waals surface area contributed by atoms with E-state index in [4.69, 9.17) is 14.5 Å². The van der Waals surface area contributed by atoms with Crippen molar-refractivity contribution in [1.29, 1.82) is 0 Å². The van der Waals surface area contributed by atoms with Gasteiger partial charge in [-0.15, -0.1) is 11.3 Å². The molecule has 5 heteroatoms. The van der Waals surface area contributed by atoms with E-state index in [0.29, 0.717) is 0 Å². The quantitative estimate of drug-likeness (QED) is 0.451. The summed E-state index contributed by atoms with van der Waals surface area (Å²) < 4.78 is 12.6. The zero-order valence-corrected chi connectivity index (χ0v) is 16.9. The fourth-order valence-electron chi connectivity index (χ4n) is 2.97. The van der Waals surface area contributed by atoms with Crippen LogP contribution < -0.4 is 14.0 Å². The summed E-state index contributed by atoms with van der Waals surface area (Å²) in [7, 11) is 5.36. The summed E-state index contributed by atoms with van der Waals surface area (Å²) in [5, 5.41) is 0.997. The number of ether oxygens (including phenoxy) is 2. The third kappa shape index (κ3) is 3.62. The van der Waals surface area contributed by atoms with Crippen LogP contribution in [0.5, 0.6) is 11.5 Å². The van der Waals surface area contributed by atoms with Gasteiger partial charge in [-0.3, -0.25) is 0 Å². The molecule has 0 aliphatic carbocycles. The van der Waals surface area contributed by atoms with Crippen LogP contribution >= 0.6 is 11.3 Å². The Labute approximate surface area is 168 Å². The van der Waals surface area contributed by atoms with Crippen molar-refractivity contribution in [3.8, 4) is 43.8 Å². The molecule has 4 aromatic rings. The minimum atomic E-state index is 0.834. The van der Waals surface area contributed by atoms with Crippen molar-refractivity contribution >= 4 is 11.3 Å². The van der Waals surface area contributed by atoms with Crippen molar-refractivity contribution in [3.63, 3.8) is 0 Å². The molecular weight excluding hydrogens is 368 g/mol. The number of methoxy groups -OCH3 is 2. The van der Waals surface area contributed by atoms with Gasteiger partial charge in [0.25, 0.3) is 0 Å². The number of aryl methyl sites for hydroxylation is 1. The summed E-state index contributed by atoms with van der Waals surface area (Å²) in [6.45, 7) is 0. The molecule has 0 aliphatic rings. The predicted octanol–water partition coefficient (Wildman–Crippen LogP) is 4.99. The van der Waals surface area contributed by atoms with Gasteiger partial charge in [-0.1, -0.05) is 0 Å². The van der Waals surface area contributed by atoms with E-state index in [1.807, 2.05) is 48.3 Å². The van der Waals surface area contributed by atoms with Gasteiger partial charge in [-0.25, -0.2) is 9.55 Å². The lowest BCUT2D eigenvalue weighted by molar-refractivity contribution is -0.671. The number of rotatable bonds is 5. The zero-order chi connectivity index (χ0) is 19.5. The van der Waals surface area contributed by atoms with Crippen LogP contribution in [0, 0.1) is 0 Å². The fourth-order valence-corrected chi connectivity index (χ4v) is 4.07. The van der Waals surface area contributed by atoms with Gasteiger partial charge in [0, 0.05) is 23.3 Å². The lowest BCUT2D eigenvalue weighted by atomic mass is 10.1. The number of hydrogen-bond acceptors (Lipinski definition) is 4. The Morgan fingerprint density at radius 3 is 1.79 bits per heavy atom. The molecule has 0 saturated heterocycles. The summed E-state index contributed by atoms with van der Waals surface area (Å²) in [6.07, 6.45) is 4.08. The van der Waals surface area contributed by atoms with E-state index in [2.05, 4.69) is 36.4 Å². The van der Waals surface area contributed by atoms with Crippen molar-refractivity contribution in [2.45, 2.75) is 0 Å². The Bertz CT molecular complexity index is 1000. The molecule has 0 unspecified atom stereocenters. The summed E-state index contributed by atoms with van der Waals surface area (Å²) in [4.78, 5) is 6.13. The lowest BCUT2D eigenvalue weighted by Crippen LogP contribution is -2.25. The zero-order valence-electron chi connectivity index (χ0n) is 16.0. The second-order valence-electron chi connectivity index (χ2n) is 6.41. The average Bonchev–Trinajstić information content (AvgIpc) is 3.20. The van der Waals surface area contributed by atoms with Crippen LogP contribution in [-0.2, 0) is 7.05 Å². The highest BCUT2D eigenvalue weighted by Crippen LogP contribution is 2.41. The maximum atomic E-state index is 5.30. The minimum absolute atomic E-state index is 0.834. The standard InChI is InChI=1S/C23H21N2O2S/c1-25-14-12-18(13-15-25)23-24-21(16-4-8-19(26-2)9-5-16)22(28-23)17-6-10-20(27-3)11-7-17/h4-15H,1-3H3/q+1. The molecule has 0 atom stereocenters. The van der Waals surface area contributed by atoms with E-state index < -0.39 is 0 Å². The van der Waals surface area contributed by atoms with E-state index in [1.165, 1.54) is 0 Å². The third-order valence-corrected chi connectivity index (χ3v) is 5.72.